The van der Waals surface area contributed by atoms with E-state index in [1.807, 2.05) is 6.07 Å². The minimum absolute atomic E-state index is 0.202. The van der Waals surface area contributed by atoms with Gasteiger partial charge in [0.1, 0.15) is 6.61 Å². The highest BCUT2D eigenvalue weighted by atomic mass is 16.5. The van der Waals surface area contributed by atoms with Crippen molar-refractivity contribution in [2.24, 2.45) is 5.73 Å². The Hall–Kier alpha value is -1.84. The zero-order valence-corrected chi connectivity index (χ0v) is 8.03. The average Bonchev–Trinajstić information content (AvgIpc) is 2.57. The first kappa shape index (κ1) is 9.71. The quantitative estimate of drug-likeness (QED) is 0.740. The molecule has 2 N–H and O–H groups in total. The largest absolute Gasteiger partial charge is 0.457 e. The van der Waals surface area contributed by atoms with Gasteiger partial charge in [-0.05, 0) is 18.1 Å². The van der Waals surface area contributed by atoms with Crippen LogP contribution in [-0.2, 0) is 16.1 Å². The molecule has 1 amide bonds. The maximum atomic E-state index is 11.1. The monoisotopic (exact) mass is 204 g/mol. The molecule has 1 aliphatic rings. The molecule has 0 fully saturated rings. The molecule has 0 saturated carbocycles. The topological polar surface area (TPSA) is 69.4 Å². The number of hydrogen-bond acceptors (Lipinski definition) is 3. The Morgan fingerprint density at radius 1 is 1.53 bits per heavy atom. The second-order valence-corrected chi connectivity index (χ2v) is 3.37. The summed E-state index contributed by atoms with van der Waals surface area (Å²) in [5.41, 5.74) is 7.37. The first-order valence-corrected chi connectivity index (χ1v) is 4.58. The van der Waals surface area contributed by atoms with Gasteiger partial charge >= 0.3 is 5.97 Å². The summed E-state index contributed by atoms with van der Waals surface area (Å²) < 4.78 is 4.86. The van der Waals surface area contributed by atoms with Crippen LogP contribution in [0.1, 0.15) is 27.9 Å². The van der Waals surface area contributed by atoms with Gasteiger partial charge in [-0.3, -0.25) is 4.79 Å². The van der Waals surface area contributed by atoms with E-state index >= 15 is 0 Å². The smallest absolute Gasteiger partial charge is 0.338 e. The maximum Gasteiger partial charge on any atom is 0.338 e. The molecular weight excluding hydrogens is 194 g/mol. The minimum atomic E-state index is -0.372. The van der Waals surface area contributed by atoms with Crippen molar-refractivity contribution in [3.8, 4) is 0 Å². The number of carbonyl (C=O) groups is 2. The van der Waals surface area contributed by atoms with Crippen molar-refractivity contribution in [3.05, 3.63) is 41.3 Å². The molecule has 1 radical (unpaired) electrons. The van der Waals surface area contributed by atoms with Crippen LogP contribution in [0.2, 0.25) is 0 Å². The molecule has 77 valence electrons. The van der Waals surface area contributed by atoms with E-state index in [-0.39, 0.29) is 18.3 Å². The number of amides is 1. The summed E-state index contributed by atoms with van der Waals surface area (Å²) in [6.07, 6.45) is 1.93. The Morgan fingerprint density at radius 2 is 2.33 bits per heavy atom. The van der Waals surface area contributed by atoms with Crippen LogP contribution in [0, 0.1) is 6.42 Å². The van der Waals surface area contributed by atoms with Gasteiger partial charge in [-0.2, -0.15) is 0 Å². The van der Waals surface area contributed by atoms with Crippen LogP contribution in [0.25, 0.3) is 0 Å². The summed E-state index contributed by atoms with van der Waals surface area (Å²) in [6.45, 7) is 0.312. The zero-order chi connectivity index (χ0) is 10.8. The SMILES string of the molecule is NC(=O)C[CH]c1ccc2c(c1)COC2=O. The molecule has 0 unspecified atom stereocenters. The number of benzene rings is 1. The second kappa shape index (κ2) is 3.73. The van der Waals surface area contributed by atoms with E-state index in [1.165, 1.54) is 0 Å². The van der Waals surface area contributed by atoms with E-state index < -0.39 is 0 Å². The number of carbonyl (C=O) groups excluding carboxylic acids is 2. The number of rotatable bonds is 3. The van der Waals surface area contributed by atoms with Crippen molar-refractivity contribution in [1.82, 2.24) is 0 Å². The van der Waals surface area contributed by atoms with Gasteiger partial charge in [-0.15, -0.1) is 0 Å². The summed E-state index contributed by atoms with van der Waals surface area (Å²) in [6, 6.07) is 5.31. The van der Waals surface area contributed by atoms with Crippen LogP contribution in [-0.4, -0.2) is 11.9 Å². The van der Waals surface area contributed by atoms with Crippen LogP contribution in [0.3, 0.4) is 0 Å². The molecule has 0 atom stereocenters. The lowest BCUT2D eigenvalue weighted by molar-refractivity contribution is -0.117. The van der Waals surface area contributed by atoms with E-state index in [4.69, 9.17) is 10.5 Å². The molecule has 1 aliphatic heterocycles. The van der Waals surface area contributed by atoms with Gasteiger partial charge in [0.2, 0.25) is 5.91 Å². The number of hydrogen-bond donors (Lipinski definition) is 1. The van der Waals surface area contributed by atoms with Crippen LogP contribution >= 0.6 is 0 Å². The maximum absolute atomic E-state index is 11.1. The molecular formula is C11H10NO3. The van der Waals surface area contributed by atoms with Crippen molar-refractivity contribution in [1.29, 1.82) is 0 Å². The number of esters is 1. The number of fused-ring (bicyclic) bond motifs is 1. The molecule has 0 aromatic heterocycles. The Bertz CT molecular complexity index is 426. The van der Waals surface area contributed by atoms with E-state index in [9.17, 15) is 9.59 Å². The van der Waals surface area contributed by atoms with E-state index in [2.05, 4.69) is 0 Å². The summed E-state index contributed by atoms with van der Waals surface area (Å²) >= 11 is 0. The third-order valence-corrected chi connectivity index (χ3v) is 2.25. The first-order valence-electron chi connectivity index (χ1n) is 4.58. The van der Waals surface area contributed by atoms with Crippen LogP contribution in [0.5, 0.6) is 0 Å². The lowest BCUT2D eigenvalue weighted by Gasteiger charge is -2.00. The molecule has 4 nitrogen and oxygen atoms in total. The Kier molecular flexibility index (Phi) is 2.41. The van der Waals surface area contributed by atoms with Crippen molar-refractivity contribution in [2.75, 3.05) is 0 Å². The molecule has 0 bridgehead atoms. The van der Waals surface area contributed by atoms with Gasteiger partial charge in [0.15, 0.2) is 0 Å². The first-order chi connectivity index (χ1) is 7.16. The Morgan fingerprint density at radius 3 is 3.07 bits per heavy atom. The van der Waals surface area contributed by atoms with Crippen molar-refractivity contribution >= 4 is 11.9 Å². The Labute approximate surface area is 87.0 Å². The molecule has 15 heavy (non-hydrogen) atoms. The van der Waals surface area contributed by atoms with Crippen LogP contribution in [0.15, 0.2) is 18.2 Å². The molecule has 0 spiro atoms. The van der Waals surface area contributed by atoms with Gasteiger partial charge in [-0.25, -0.2) is 4.79 Å². The lowest BCUT2D eigenvalue weighted by Crippen LogP contribution is -2.10. The molecule has 2 rings (SSSR count). The van der Waals surface area contributed by atoms with Crippen LogP contribution < -0.4 is 5.73 Å². The average molecular weight is 204 g/mol. The number of primary amides is 1. The molecule has 1 aromatic carbocycles. The summed E-state index contributed by atoms with van der Waals surface area (Å²) in [7, 11) is 0. The van der Waals surface area contributed by atoms with Gasteiger partial charge in [0.05, 0.1) is 5.56 Å². The van der Waals surface area contributed by atoms with Crippen molar-refractivity contribution in [2.45, 2.75) is 13.0 Å². The van der Waals surface area contributed by atoms with Gasteiger partial charge in [0.25, 0.3) is 0 Å². The lowest BCUT2D eigenvalue weighted by atomic mass is 10.0. The molecule has 0 aliphatic carbocycles. The number of cyclic esters (lactones) is 1. The molecule has 1 aromatic rings. The zero-order valence-electron chi connectivity index (χ0n) is 8.03. The van der Waals surface area contributed by atoms with Gasteiger partial charge in [-0.1, -0.05) is 12.1 Å². The van der Waals surface area contributed by atoms with E-state index in [0.717, 1.165) is 11.1 Å². The summed E-state index contributed by atoms with van der Waals surface area (Å²) in [5.74, 6) is -0.658. The highest BCUT2D eigenvalue weighted by Crippen LogP contribution is 2.21. The van der Waals surface area contributed by atoms with Gasteiger partial charge < -0.3 is 10.5 Å². The van der Waals surface area contributed by atoms with E-state index in [0.29, 0.717) is 12.2 Å². The van der Waals surface area contributed by atoms with Crippen molar-refractivity contribution < 1.29 is 14.3 Å². The second-order valence-electron chi connectivity index (χ2n) is 3.37. The predicted molar refractivity (Wildman–Crippen MR) is 52.8 cm³/mol. The standard InChI is InChI=1S/C11H10NO3/c12-10(13)4-2-7-1-3-9-8(5-7)6-15-11(9)14/h1-3,5H,4,6H2,(H2,12,13). The highest BCUT2D eigenvalue weighted by molar-refractivity contribution is 5.93. The normalized spacial score (nSPS) is 13.5. The van der Waals surface area contributed by atoms with E-state index in [1.54, 1.807) is 18.6 Å². The summed E-state index contributed by atoms with van der Waals surface area (Å²) in [4.78, 5) is 21.7. The predicted octanol–water partition coefficient (Wildman–Crippen LogP) is 0.785. The third-order valence-electron chi connectivity index (χ3n) is 2.25. The molecule has 1 heterocycles. The third kappa shape index (κ3) is 1.98. The fraction of sp³-hybridized carbons (Fsp3) is 0.182. The minimum Gasteiger partial charge on any atom is -0.457 e. The number of nitrogens with two attached hydrogens (primary N) is 1. The van der Waals surface area contributed by atoms with Gasteiger partial charge in [0, 0.05) is 12.0 Å². The highest BCUT2D eigenvalue weighted by Gasteiger charge is 2.20. The molecule has 4 heteroatoms. The fourth-order valence-corrected chi connectivity index (χ4v) is 1.50. The van der Waals surface area contributed by atoms with Crippen LogP contribution in [0.4, 0.5) is 0 Å². The number of ether oxygens (including phenoxy) is 1. The molecule has 0 saturated heterocycles. The van der Waals surface area contributed by atoms with Crippen molar-refractivity contribution in [3.63, 3.8) is 0 Å². The fourth-order valence-electron chi connectivity index (χ4n) is 1.50. The summed E-state index contributed by atoms with van der Waals surface area (Å²) in [5, 5.41) is 0. The Balaban J connectivity index is 2.16.